The van der Waals surface area contributed by atoms with Gasteiger partial charge in [-0.1, -0.05) is 18.2 Å². The van der Waals surface area contributed by atoms with Gasteiger partial charge in [0.1, 0.15) is 0 Å². The van der Waals surface area contributed by atoms with Gasteiger partial charge < -0.3 is 10.3 Å². The van der Waals surface area contributed by atoms with Crippen molar-refractivity contribution in [2.45, 2.75) is 13.0 Å². The van der Waals surface area contributed by atoms with Crippen molar-refractivity contribution < 1.29 is 4.79 Å². The molecule has 1 unspecified atom stereocenters. The SMILES string of the molecule is CC(NC=O)c1c[nH]c2ccccc12. The molecule has 1 amide bonds. The molecule has 1 heterocycles. The molecule has 0 fully saturated rings. The average molecular weight is 188 g/mol. The number of carbonyl (C=O) groups excluding carboxylic acids is 1. The molecule has 3 nitrogen and oxygen atoms in total. The maximum Gasteiger partial charge on any atom is 0.207 e. The molecule has 0 aliphatic carbocycles. The second kappa shape index (κ2) is 3.54. The van der Waals surface area contributed by atoms with Crippen molar-refractivity contribution >= 4 is 17.3 Å². The molecular formula is C11H12N2O. The summed E-state index contributed by atoms with van der Waals surface area (Å²) in [6.45, 7) is 1.96. The zero-order chi connectivity index (χ0) is 9.97. The van der Waals surface area contributed by atoms with E-state index in [2.05, 4.69) is 10.3 Å². The van der Waals surface area contributed by atoms with Crippen LogP contribution in [0, 0.1) is 0 Å². The molecule has 2 N–H and O–H groups in total. The monoisotopic (exact) mass is 188 g/mol. The Hall–Kier alpha value is -1.77. The Morgan fingerprint density at radius 2 is 2.21 bits per heavy atom. The van der Waals surface area contributed by atoms with Gasteiger partial charge in [0.15, 0.2) is 0 Å². The summed E-state index contributed by atoms with van der Waals surface area (Å²) in [5.41, 5.74) is 2.22. The summed E-state index contributed by atoms with van der Waals surface area (Å²) >= 11 is 0. The van der Waals surface area contributed by atoms with Gasteiger partial charge in [-0.2, -0.15) is 0 Å². The third-order valence-corrected chi connectivity index (χ3v) is 2.41. The summed E-state index contributed by atoms with van der Waals surface area (Å²) in [4.78, 5) is 13.5. The van der Waals surface area contributed by atoms with Crippen molar-refractivity contribution in [3.63, 3.8) is 0 Å². The minimum atomic E-state index is 0.0450. The number of benzene rings is 1. The Kier molecular flexibility index (Phi) is 2.23. The van der Waals surface area contributed by atoms with Crippen LogP contribution in [0.4, 0.5) is 0 Å². The molecule has 0 saturated carbocycles. The first-order valence-electron chi connectivity index (χ1n) is 4.58. The zero-order valence-electron chi connectivity index (χ0n) is 7.95. The van der Waals surface area contributed by atoms with Crippen LogP contribution in [0.25, 0.3) is 10.9 Å². The highest BCUT2D eigenvalue weighted by Gasteiger charge is 2.08. The number of aromatic nitrogens is 1. The first kappa shape index (κ1) is 8.81. The number of carbonyl (C=O) groups is 1. The Bertz CT molecular complexity index is 447. The quantitative estimate of drug-likeness (QED) is 0.711. The van der Waals surface area contributed by atoms with Crippen molar-refractivity contribution in [1.29, 1.82) is 0 Å². The average Bonchev–Trinajstić information content (AvgIpc) is 2.61. The maximum atomic E-state index is 10.3. The van der Waals surface area contributed by atoms with Crippen molar-refractivity contribution in [2.75, 3.05) is 0 Å². The lowest BCUT2D eigenvalue weighted by Crippen LogP contribution is -2.15. The van der Waals surface area contributed by atoms with Crippen LogP contribution in [0.3, 0.4) is 0 Å². The van der Waals surface area contributed by atoms with E-state index < -0.39 is 0 Å². The minimum absolute atomic E-state index is 0.0450. The molecular weight excluding hydrogens is 176 g/mol. The van der Waals surface area contributed by atoms with E-state index in [4.69, 9.17) is 0 Å². The fraction of sp³-hybridized carbons (Fsp3) is 0.182. The molecule has 14 heavy (non-hydrogen) atoms. The number of hydrogen-bond acceptors (Lipinski definition) is 1. The molecule has 0 saturated heterocycles. The fourth-order valence-corrected chi connectivity index (χ4v) is 1.64. The predicted molar refractivity (Wildman–Crippen MR) is 55.9 cm³/mol. The van der Waals surface area contributed by atoms with E-state index in [0.29, 0.717) is 0 Å². The standard InChI is InChI=1S/C11H12N2O/c1-8(13-7-14)10-6-12-11-5-3-2-4-9(10)11/h2-8,12H,1H3,(H,13,14). The van der Waals surface area contributed by atoms with Crippen LogP contribution >= 0.6 is 0 Å². The summed E-state index contributed by atoms with van der Waals surface area (Å²) in [7, 11) is 0. The maximum absolute atomic E-state index is 10.3. The molecule has 1 aromatic heterocycles. The molecule has 72 valence electrons. The van der Waals surface area contributed by atoms with Gasteiger partial charge in [0.05, 0.1) is 6.04 Å². The topological polar surface area (TPSA) is 44.9 Å². The first-order valence-corrected chi connectivity index (χ1v) is 4.58. The lowest BCUT2D eigenvalue weighted by Gasteiger charge is -2.08. The van der Waals surface area contributed by atoms with Crippen LogP contribution in [0.15, 0.2) is 30.5 Å². The van der Waals surface area contributed by atoms with Crippen LogP contribution in [0.1, 0.15) is 18.5 Å². The third-order valence-electron chi connectivity index (χ3n) is 2.41. The van der Waals surface area contributed by atoms with E-state index in [9.17, 15) is 4.79 Å². The number of H-pyrrole nitrogens is 1. The Morgan fingerprint density at radius 1 is 1.43 bits per heavy atom. The largest absolute Gasteiger partial charge is 0.361 e. The van der Waals surface area contributed by atoms with Gasteiger partial charge in [0.2, 0.25) is 6.41 Å². The number of fused-ring (bicyclic) bond motifs is 1. The number of rotatable bonds is 3. The van der Waals surface area contributed by atoms with E-state index in [-0.39, 0.29) is 6.04 Å². The normalized spacial score (nSPS) is 12.6. The molecule has 3 heteroatoms. The number of amides is 1. The second-order valence-electron chi connectivity index (χ2n) is 3.30. The summed E-state index contributed by atoms with van der Waals surface area (Å²) < 4.78 is 0. The van der Waals surface area contributed by atoms with Gasteiger partial charge in [0.25, 0.3) is 0 Å². The highest BCUT2D eigenvalue weighted by Crippen LogP contribution is 2.22. The molecule has 0 radical (unpaired) electrons. The fourth-order valence-electron chi connectivity index (χ4n) is 1.64. The minimum Gasteiger partial charge on any atom is -0.361 e. The predicted octanol–water partition coefficient (Wildman–Crippen LogP) is 1.97. The van der Waals surface area contributed by atoms with Crippen LogP contribution in [0.5, 0.6) is 0 Å². The second-order valence-corrected chi connectivity index (χ2v) is 3.30. The first-order chi connectivity index (χ1) is 6.83. The number of nitrogens with one attached hydrogen (secondary N) is 2. The smallest absolute Gasteiger partial charge is 0.207 e. The summed E-state index contributed by atoms with van der Waals surface area (Å²) in [6.07, 6.45) is 2.66. The molecule has 0 spiro atoms. The van der Waals surface area contributed by atoms with Crippen molar-refractivity contribution in [3.05, 3.63) is 36.0 Å². The van der Waals surface area contributed by atoms with Gasteiger partial charge in [-0.25, -0.2) is 0 Å². The van der Waals surface area contributed by atoms with E-state index >= 15 is 0 Å². The molecule has 0 aliphatic rings. The molecule has 0 bridgehead atoms. The molecule has 0 aliphatic heterocycles. The van der Waals surface area contributed by atoms with Crippen molar-refractivity contribution in [3.8, 4) is 0 Å². The summed E-state index contributed by atoms with van der Waals surface area (Å²) in [5.74, 6) is 0. The summed E-state index contributed by atoms with van der Waals surface area (Å²) in [5, 5.41) is 3.90. The lowest BCUT2D eigenvalue weighted by atomic mass is 10.1. The third kappa shape index (κ3) is 1.37. The molecule has 1 aromatic carbocycles. The summed E-state index contributed by atoms with van der Waals surface area (Å²) in [6, 6.07) is 8.09. The van der Waals surface area contributed by atoms with Gasteiger partial charge >= 0.3 is 0 Å². The van der Waals surface area contributed by atoms with Crippen molar-refractivity contribution in [2.24, 2.45) is 0 Å². The van der Waals surface area contributed by atoms with Gasteiger partial charge in [-0.3, -0.25) is 4.79 Å². The lowest BCUT2D eigenvalue weighted by molar-refractivity contribution is -0.110. The molecule has 1 atom stereocenters. The Balaban J connectivity index is 2.47. The number of aromatic amines is 1. The molecule has 2 rings (SSSR count). The number of hydrogen-bond donors (Lipinski definition) is 2. The van der Waals surface area contributed by atoms with Crippen LogP contribution < -0.4 is 5.32 Å². The van der Waals surface area contributed by atoms with Crippen molar-refractivity contribution in [1.82, 2.24) is 10.3 Å². The van der Waals surface area contributed by atoms with Gasteiger partial charge in [-0.15, -0.1) is 0 Å². The number of para-hydroxylation sites is 1. The molecule has 2 aromatic rings. The Labute approximate surface area is 82.1 Å². The highest BCUT2D eigenvalue weighted by molar-refractivity contribution is 5.83. The van der Waals surface area contributed by atoms with E-state index in [1.54, 1.807) is 0 Å². The van der Waals surface area contributed by atoms with E-state index in [1.807, 2.05) is 37.4 Å². The Morgan fingerprint density at radius 3 is 3.00 bits per heavy atom. The van der Waals surface area contributed by atoms with E-state index in [1.165, 1.54) is 0 Å². The van der Waals surface area contributed by atoms with Gasteiger partial charge in [-0.05, 0) is 18.6 Å². The van der Waals surface area contributed by atoms with Crippen LogP contribution in [-0.2, 0) is 4.79 Å². The van der Waals surface area contributed by atoms with Crippen LogP contribution in [-0.4, -0.2) is 11.4 Å². The highest BCUT2D eigenvalue weighted by atomic mass is 16.1. The van der Waals surface area contributed by atoms with E-state index in [0.717, 1.165) is 22.9 Å². The van der Waals surface area contributed by atoms with Gasteiger partial charge in [0, 0.05) is 17.1 Å². The van der Waals surface area contributed by atoms with Crippen LogP contribution in [0.2, 0.25) is 0 Å². The zero-order valence-corrected chi connectivity index (χ0v) is 7.95.